The van der Waals surface area contributed by atoms with E-state index in [9.17, 15) is 0 Å². The van der Waals surface area contributed by atoms with E-state index in [1.54, 1.807) is 0 Å². The Bertz CT molecular complexity index is 2930. The van der Waals surface area contributed by atoms with Crippen LogP contribution >= 0.6 is 14.5 Å². The van der Waals surface area contributed by atoms with Crippen LogP contribution in [-0.4, -0.2) is 0 Å². The molecule has 0 bridgehead atoms. The maximum absolute atomic E-state index is 3.15. The van der Waals surface area contributed by atoms with E-state index >= 15 is 0 Å². The van der Waals surface area contributed by atoms with E-state index in [4.69, 9.17) is 0 Å². The summed E-state index contributed by atoms with van der Waals surface area (Å²) in [5.41, 5.74) is 7.94. The molecule has 0 nitrogen and oxygen atoms in total. The zero-order valence-electron chi connectivity index (χ0n) is 35.9. The summed E-state index contributed by atoms with van der Waals surface area (Å²) in [6.45, 7) is 9.30. The van der Waals surface area contributed by atoms with Gasteiger partial charge in [-0.15, -0.1) is 0 Å². The van der Waals surface area contributed by atoms with Crippen molar-refractivity contribution < 1.29 is 0 Å². The summed E-state index contributed by atoms with van der Waals surface area (Å²) in [4.78, 5) is 0. The fourth-order valence-corrected chi connectivity index (χ4v) is 21.9. The van der Waals surface area contributed by atoms with Gasteiger partial charge in [-0.05, 0) is 0 Å². The molecule has 0 aromatic heterocycles. The van der Waals surface area contributed by atoms with E-state index in [-0.39, 0.29) is 0 Å². The predicted molar refractivity (Wildman–Crippen MR) is 278 cm³/mol. The van der Waals surface area contributed by atoms with E-state index in [0.717, 1.165) is 0 Å². The summed E-state index contributed by atoms with van der Waals surface area (Å²) in [5, 5.41) is 16.3. The summed E-state index contributed by atoms with van der Waals surface area (Å²) >= 11 is 0. The molecule has 302 valence electrons. The third-order valence-electron chi connectivity index (χ3n) is 13.5. The van der Waals surface area contributed by atoms with Gasteiger partial charge in [-0.1, -0.05) is 0 Å². The monoisotopic (exact) mass is 834 g/mol. The van der Waals surface area contributed by atoms with Gasteiger partial charge in [0.25, 0.3) is 0 Å². The Morgan fingerprint density at radius 1 is 0.226 bits per heavy atom. The van der Waals surface area contributed by atoms with Crippen molar-refractivity contribution in [2.24, 2.45) is 0 Å². The summed E-state index contributed by atoms with van der Waals surface area (Å²) in [7, 11) is -6.29. The molecule has 62 heavy (non-hydrogen) atoms. The number of aryl methyl sites for hydroxylation is 4. The molecule has 0 fully saturated rings. The molecule has 0 spiro atoms. The molecule has 0 saturated heterocycles. The van der Waals surface area contributed by atoms with Gasteiger partial charge in [0, 0.05) is 0 Å². The van der Waals surface area contributed by atoms with E-state index in [1.165, 1.54) is 97.4 Å². The summed E-state index contributed by atoms with van der Waals surface area (Å²) in [5.74, 6) is 0. The van der Waals surface area contributed by atoms with Crippen molar-refractivity contribution in [1.29, 1.82) is 0 Å². The Morgan fingerprint density at radius 2 is 0.500 bits per heavy atom. The first-order valence-electron chi connectivity index (χ1n) is 21.9. The summed E-state index contributed by atoms with van der Waals surface area (Å²) < 4.78 is 0. The minimum atomic E-state index is -3.15. The molecule has 0 aliphatic heterocycles. The van der Waals surface area contributed by atoms with E-state index in [0.29, 0.717) is 0 Å². The van der Waals surface area contributed by atoms with Crippen LogP contribution in [0.5, 0.6) is 0 Å². The van der Waals surface area contributed by atoms with E-state index in [1.807, 2.05) is 0 Å². The van der Waals surface area contributed by atoms with Crippen molar-refractivity contribution in [2.45, 2.75) is 27.7 Å². The summed E-state index contributed by atoms with van der Waals surface area (Å²) in [6, 6.07) is 88.1. The molecular formula is C60H52P2. The first-order chi connectivity index (χ1) is 30.5. The van der Waals surface area contributed by atoms with Gasteiger partial charge in [0.05, 0.1) is 0 Å². The SMILES string of the molecule is Cc1ccccc1[PH](c1ccccc1)(c1ccccc1C)c1ccc2ccccc2c1-c1c([PH](c2ccccc2)(c2ccccc2C)c2ccccc2C)ccc2ccccc12. The molecule has 0 aliphatic carbocycles. The number of fused-ring (bicyclic) bond motifs is 2. The second-order valence-corrected chi connectivity index (χ2v) is 24.3. The number of rotatable bonds is 9. The second-order valence-electron chi connectivity index (χ2n) is 16.9. The van der Waals surface area contributed by atoms with Gasteiger partial charge in [0.2, 0.25) is 0 Å². The first kappa shape index (κ1) is 39.7. The van der Waals surface area contributed by atoms with Crippen LogP contribution in [0.25, 0.3) is 32.7 Å². The van der Waals surface area contributed by atoms with Crippen LogP contribution in [0, 0.1) is 27.7 Å². The van der Waals surface area contributed by atoms with Crippen LogP contribution in [-0.2, 0) is 0 Å². The van der Waals surface area contributed by atoms with Gasteiger partial charge >= 0.3 is 370 Å². The third-order valence-corrected chi connectivity index (χ3v) is 23.9. The van der Waals surface area contributed by atoms with Gasteiger partial charge in [-0.3, -0.25) is 0 Å². The van der Waals surface area contributed by atoms with Gasteiger partial charge in [0.1, 0.15) is 0 Å². The molecular weight excluding hydrogens is 783 g/mol. The molecule has 10 aromatic rings. The number of hydrogen-bond donors (Lipinski definition) is 0. The van der Waals surface area contributed by atoms with Crippen LogP contribution in [0.3, 0.4) is 0 Å². The zero-order chi connectivity index (χ0) is 42.3. The summed E-state index contributed by atoms with van der Waals surface area (Å²) in [6.07, 6.45) is 0. The number of benzene rings is 10. The molecule has 0 saturated carbocycles. The third kappa shape index (κ3) is 6.28. The molecule has 0 heterocycles. The molecule has 0 unspecified atom stereocenters. The molecule has 2 heteroatoms. The Labute approximate surface area is 368 Å². The molecule has 10 aromatic carbocycles. The fourth-order valence-electron chi connectivity index (χ4n) is 10.9. The van der Waals surface area contributed by atoms with Gasteiger partial charge < -0.3 is 0 Å². The molecule has 10 rings (SSSR count). The molecule has 0 atom stereocenters. The van der Waals surface area contributed by atoms with Crippen LogP contribution in [0.4, 0.5) is 0 Å². The van der Waals surface area contributed by atoms with E-state index in [2.05, 4.69) is 258 Å². The van der Waals surface area contributed by atoms with Crippen LogP contribution < -0.4 is 42.4 Å². The Hall–Kier alpha value is -6.42. The minimum absolute atomic E-state index is 1.24. The molecule has 0 N–H and O–H groups in total. The van der Waals surface area contributed by atoms with Crippen molar-refractivity contribution in [3.05, 3.63) is 253 Å². The molecule has 0 aliphatic rings. The first-order valence-corrected chi connectivity index (χ1v) is 25.9. The molecule has 0 radical (unpaired) electrons. The number of hydrogen-bond acceptors (Lipinski definition) is 0. The quantitative estimate of drug-likeness (QED) is 0.127. The van der Waals surface area contributed by atoms with Crippen molar-refractivity contribution in [2.75, 3.05) is 0 Å². The van der Waals surface area contributed by atoms with Crippen LogP contribution in [0.2, 0.25) is 0 Å². The van der Waals surface area contributed by atoms with Gasteiger partial charge in [-0.2, -0.15) is 0 Å². The second kappa shape index (κ2) is 16.5. The van der Waals surface area contributed by atoms with Gasteiger partial charge in [0.15, 0.2) is 0 Å². The van der Waals surface area contributed by atoms with Crippen molar-refractivity contribution in [1.82, 2.24) is 0 Å². The van der Waals surface area contributed by atoms with Crippen molar-refractivity contribution in [3.8, 4) is 11.1 Å². The topological polar surface area (TPSA) is 0 Å². The molecule has 0 amide bonds. The van der Waals surface area contributed by atoms with Crippen LogP contribution in [0.1, 0.15) is 22.3 Å². The predicted octanol–water partition coefficient (Wildman–Crippen LogP) is 11.6. The standard InChI is InChI=1S/C60H52P2/c1-43-23-11-19-35-53(43)61(49-29-7-5-8-30-49,54-36-20-12-24-44(54)2)57-41-39-47-27-15-17-33-51(47)59(57)60-52-34-18-16-28-48(52)40-42-58(60)62(50-31-9-6-10-32-50,55-37-21-13-25-45(55)3)56-38-22-14-26-46(56)4/h5-42,61-62H,1-4H3. The Morgan fingerprint density at radius 3 is 0.823 bits per heavy atom. The fraction of sp³-hybridized carbons (Fsp3) is 0.0667. The van der Waals surface area contributed by atoms with Crippen molar-refractivity contribution in [3.63, 3.8) is 0 Å². The zero-order valence-corrected chi connectivity index (χ0v) is 37.9. The van der Waals surface area contributed by atoms with Gasteiger partial charge in [-0.25, -0.2) is 0 Å². The Balaban J connectivity index is 1.51. The Kier molecular flexibility index (Phi) is 10.5. The average Bonchev–Trinajstić information content (AvgIpc) is 3.32. The average molecular weight is 835 g/mol. The normalized spacial score (nSPS) is 12.4. The van der Waals surface area contributed by atoms with E-state index < -0.39 is 14.5 Å². The van der Waals surface area contributed by atoms with Crippen molar-refractivity contribution >= 4 is 78.5 Å². The van der Waals surface area contributed by atoms with Crippen LogP contribution in [0.15, 0.2) is 231 Å². The maximum atomic E-state index is 2.54.